The van der Waals surface area contributed by atoms with Crippen molar-refractivity contribution in [1.29, 1.82) is 0 Å². The number of phenols is 2. The van der Waals surface area contributed by atoms with Crippen molar-refractivity contribution in [3.8, 4) is 23.0 Å². The average Bonchev–Trinajstić information content (AvgIpc) is 2.48. The maximum atomic E-state index is 10.1. The SMILES string of the molecule is CC(C)(C)Oc1ccc(/C=C/c2ccc(OC(C)(C)C)c(O)c2)cc1O. The second-order valence-electron chi connectivity index (χ2n) is 8.22. The Kier molecular flexibility index (Phi) is 5.55. The number of hydrogen-bond acceptors (Lipinski definition) is 4. The largest absolute Gasteiger partial charge is 0.504 e. The van der Waals surface area contributed by atoms with Gasteiger partial charge in [-0.15, -0.1) is 0 Å². The molecule has 0 unspecified atom stereocenters. The molecule has 2 aromatic carbocycles. The third-order valence-electron chi connectivity index (χ3n) is 3.27. The number of benzene rings is 2. The smallest absolute Gasteiger partial charge is 0.161 e. The van der Waals surface area contributed by atoms with Gasteiger partial charge < -0.3 is 19.7 Å². The molecule has 140 valence electrons. The highest BCUT2D eigenvalue weighted by Crippen LogP contribution is 2.32. The topological polar surface area (TPSA) is 58.9 Å². The molecular weight excluding hydrogens is 328 g/mol. The zero-order chi connectivity index (χ0) is 19.5. The zero-order valence-corrected chi connectivity index (χ0v) is 16.3. The van der Waals surface area contributed by atoms with E-state index in [1.54, 1.807) is 24.3 Å². The number of hydrogen-bond donors (Lipinski definition) is 2. The maximum Gasteiger partial charge on any atom is 0.161 e. The summed E-state index contributed by atoms with van der Waals surface area (Å²) in [6.07, 6.45) is 3.72. The number of aromatic hydroxyl groups is 2. The molecule has 0 saturated heterocycles. The fourth-order valence-electron chi connectivity index (χ4n) is 2.30. The minimum absolute atomic E-state index is 0.0962. The molecule has 4 nitrogen and oxygen atoms in total. The van der Waals surface area contributed by atoms with Crippen LogP contribution >= 0.6 is 0 Å². The number of ether oxygens (including phenoxy) is 2. The van der Waals surface area contributed by atoms with Crippen molar-refractivity contribution in [3.63, 3.8) is 0 Å². The van der Waals surface area contributed by atoms with Crippen LogP contribution in [0.1, 0.15) is 52.7 Å². The van der Waals surface area contributed by atoms with Crippen LogP contribution in [0.25, 0.3) is 12.2 Å². The second-order valence-corrected chi connectivity index (χ2v) is 8.22. The zero-order valence-electron chi connectivity index (χ0n) is 16.3. The van der Waals surface area contributed by atoms with Crippen LogP contribution in [0.2, 0.25) is 0 Å². The van der Waals surface area contributed by atoms with Crippen molar-refractivity contribution >= 4 is 12.2 Å². The van der Waals surface area contributed by atoms with Crippen molar-refractivity contribution in [2.75, 3.05) is 0 Å². The molecule has 0 aliphatic rings. The van der Waals surface area contributed by atoms with Gasteiger partial charge >= 0.3 is 0 Å². The summed E-state index contributed by atoms with van der Waals surface area (Å²) >= 11 is 0. The molecule has 4 heteroatoms. The molecule has 0 heterocycles. The van der Waals surface area contributed by atoms with E-state index < -0.39 is 0 Å². The molecule has 0 radical (unpaired) electrons. The quantitative estimate of drug-likeness (QED) is 0.698. The Morgan fingerprint density at radius 3 is 1.27 bits per heavy atom. The van der Waals surface area contributed by atoms with E-state index in [9.17, 15) is 10.2 Å². The van der Waals surface area contributed by atoms with Crippen molar-refractivity contribution in [2.45, 2.75) is 52.7 Å². The van der Waals surface area contributed by atoms with Gasteiger partial charge in [-0.2, -0.15) is 0 Å². The summed E-state index contributed by atoms with van der Waals surface area (Å²) in [5.41, 5.74) is 0.920. The van der Waals surface area contributed by atoms with Crippen LogP contribution in [0.3, 0.4) is 0 Å². The summed E-state index contributed by atoms with van der Waals surface area (Å²) in [6, 6.07) is 10.5. The van der Waals surface area contributed by atoms with Crippen LogP contribution in [0.15, 0.2) is 36.4 Å². The molecule has 0 atom stereocenters. The lowest BCUT2D eigenvalue weighted by Crippen LogP contribution is -2.22. The summed E-state index contributed by atoms with van der Waals surface area (Å²) in [4.78, 5) is 0. The highest BCUT2D eigenvalue weighted by molar-refractivity contribution is 5.72. The summed E-state index contributed by atoms with van der Waals surface area (Å²) < 4.78 is 11.4. The molecule has 26 heavy (non-hydrogen) atoms. The first-order chi connectivity index (χ1) is 11.9. The first-order valence-electron chi connectivity index (χ1n) is 8.65. The van der Waals surface area contributed by atoms with Gasteiger partial charge in [0.25, 0.3) is 0 Å². The fraction of sp³-hybridized carbons (Fsp3) is 0.364. The van der Waals surface area contributed by atoms with Crippen LogP contribution in [0.5, 0.6) is 23.0 Å². The Morgan fingerprint density at radius 1 is 0.654 bits per heavy atom. The molecular formula is C22H28O4. The summed E-state index contributed by atoms with van der Waals surface area (Å²) in [6.45, 7) is 11.6. The van der Waals surface area contributed by atoms with Crippen molar-refractivity contribution in [1.82, 2.24) is 0 Å². The van der Waals surface area contributed by atoms with Crippen LogP contribution in [-0.4, -0.2) is 21.4 Å². The summed E-state index contributed by atoms with van der Waals surface area (Å²) in [7, 11) is 0. The van der Waals surface area contributed by atoms with Gasteiger partial charge in [-0.1, -0.05) is 24.3 Å². The van der Waals surface area contributed by atoms with E-state index in [1.807, 2.05) is 65.8 Å². The predicted molar refractivity (Wildman–Crippen MR) is 106 cm³/mol. The van der Waals surface area contributed by atoms with E-state index in [2.05, 4.69) is 0 Å². The minimum atomic E-state index is -0.372. The van der Waals surface area contributed by atoms with E-state index in [0.717, 1.165) is 11.1 Å². The molecule has 0 aromatic heterocycles. The average molecular weight is 356 g/mol. The normalized spacial score (nSPS) is 12.4. The van der Waals surface area contributed by atoms with Gasteiger partial charge in [-0.05, 0) is 76.9 Å². The Labute approximate surface area is 155 Å². The lowest BCUT2D eigenvalue weighted by Gasteiger charge is -2.22. The van der Waals surface area contributed by atoms with Crippen LogP contribution in [-0.2, 0) is 0 Å². The van der Waals surface area contributed by atoms with Crippen LogP contribution in [0, 0.1) is 0 Å². The standard InChI is InChI=1S/C22H28O4/c1-21(2,3)25-19-11-9-15(13-17(19)23)7-8-16-10-12-20(18(24)14-16)26-22(4,5)6/h7-14,23-24H,1-6H3/b8-7+. The Hall–Kier alpha value is -2.62. The molecule has 0 amide bonds. The predicted octanol–water partition coefficient (Wildman–Crippen LogP) is 5.62. The Morgan fingerprint density at radius 2 is 1.00 bits per heavy atom. The lowest BCUT2D eigenvalue weighted by molar-refractivity contribution is 0.125. The summed E-state index contributed by atoms with van der Waals surface area (Å²) in [5.74, 6) is 1.10. The van der Waals surface area contributed by atoms with Crippen molar-refractivity contribution in [2.24, 2.45) is 0 Å². The highest BCUT2D eigenvalue weighted by Gasteiger charge is 2.15. The van der Waals surface area contributed by atoms with Gasteiger partial charge in [-0.25, -0.2) is 0 Å². The molecule has 2 N–H and O–H groups in total. The first kappa shape index (κ1) is 19.7. The van der Waals surface area contributed by atoms with E-state index >= 15 is 0 Å². The molecule has 0 aliphatic carbocycles. The number of phenolic OH excluding ortho intramolecular Hbond substituents is 2. The molecule has 2 aromatic rings. The van der Waals surface area contributed by atoms with Gasteiger partial charge in [0.1, 0.15) is 11.2 Å². The van der Waals surface area contributed by atoms with Gasteiger partial charge in [0, 0.05) is 0 Å². The second kappa shape index (κ2) is 7.32. The molecule has 0 bridgehead atoms. The maximum absolute atomic E-state index is 10.1. The van der Waals surface area contributed by atoms with Crippen LogP contribution in [0.4, 0.5) is 0 Å². The van der Waals surface area contributed by atoms with Crippen LogP contribution < -0.4 is 9.47 Å². The monoisotopic (exact) mass is 356 g/mol. The molecule has 0 spiro atoms. The lowest BCUT2D eigenvalue weighted by atomic mass is 10.1. The number of rotatable bonds is 4. The highest BCUT2D eigenvalue weighted by atomic mass is 16.5. The Balaban J connectivity index is 2.14. The molecule has 2 rings (SSSR count). The van der Waals surface area contributed by atoms with E-state index in [4.69, 9.17) is 9.47 Å². The van der Waals surface area contributed by atoms with Gasteiger partial charge in [0.05, 0.1) is 0 Å². The van der Waals surface area contributed by atoms with E-state index in [1.165, 1.54) is 0 Å². The van der Waals surface area contributed by atoms with Crippen molar-refractivity contribution in [3.05, 3.63) is 47.5 Å². The minimum Gasteiger partial charge on any atom is -0.504 e. The van der Waals surface area contributed by atoms with Crippen molar-refractivity contribution < 1.29 is 19.7 Å². The molecule has 0 aliphatic heterocycles. The molecule has 0 saturated carbocycles. The van der Waals surface area contributed by atoms with E-state index in [-0.39, 0.29) is 22.7 Å². The first-order valence-corrected chi connectivity index (χ1v) is 8.65. The third-order valence-corrected chi connectivity index (χ3v) is 3.27. The Bertz CT molecular complexity index is 725. The van der Waals surface area contributed by atoms with E-state index in [0.29, 0.717) is 11.5 Å². The van der Waals surface area contributed by atoms with Gasteiger partial charge in [-0.3, -0.25) is 0 Å². The molecule has 0 fully saturated rings. The fourth-order valence-corrected chi connectivity index (χ4v) is 2.30. The third kappa shape index (κ3) is 6.03. The van der Waals surface area contributed by atoms with Gasteiger partial charge in [0.15, 0.2) is 23.0 Å². The van der Waals surface area contributed by atoms with Gasteiger partial charge in [0.2, 0.25) is 0 Å². The summed E-state index contributed by atoms with van der Waals surface area (Å²) in [5, 5.41) is 20.3.